The highest BCUT2D eigenvalue weighted by molar-refractivity contribution is 5.84. The highest BCUT2D eigenvalue weighted by Gasteiger charge is 2.13. The molecule has 0 aliphatic rings. The maximum absolute atomic E-state index is 13.0. The molecule has 0 aliphatic heterocycles. The van der Waals surface area contributed by atoms with Crippen molar-refractivity contribution in [2.45, 2.75) is 26.4 Å². The zero-order valence-corrected chi connectivity index (χ0v) is 18.6. The van der Waals surface area contributed by atoms with Crippen molar-refractivity contribution >= 4 is 12.1 Å². The van der Waals surface area contributed by atoms with E-state index in [0.717, 1.165) is 16.7 Å². The van der Waals surface area contributed by atoms with E-state index >= 15 is 0 Å². The first-order valence-electron chi connectivity index (χ1n) is 10.7. The number of hydrogen-bond acceptors (Lipinski definition) is 4. The summed E-state index contributed by atoms with van der Waals surface area (Å²) in [5, 5.41) is 4.06. The highest BCUT2D eigenvalue weighted by atomic mass is 19.1. The number of halogens is 1. The van der Waals surface area contributed by atoms with Gasteiger partial charge in [-0.15, -0.1) is 6.58 Å². The van der Waals surface area contributed by atoms with Gasteiger partial charge in [0, 0.05) is 5.56 Å². The fraction of sp³-hybridized carbons (Fsp3) is 0.185. The summed E-state index contributed by atoms with van der Waals surface area (Å²) in [6.45, 7) is 6.64. The Kier molecular flexibility index (Phi) is 8.77. The summed E-state index contributed by atoms with van der Waals surface area (Å²) < 4.78 is 25.0. The second kappa shape index (κ2) is 12.2. The van der Waals surface area contributed by atoms with Crippen molar-refractivity contribution < 1.29 is 18.7 Å². The van der Waals surface area contributed by atoms with Gasteiger partial charge in [-0.05, 0) is 54.3 Å². The van der Waals surface area contributed by atoms with Gasteiger partial charge in [-0.1, -0.05) is 48.5 Å². The number of benzene rings is 3. The van der Waals surface area contributed by atoms with E-state index in [4.69, 9.17) is 9.47 Å². The molecule has 6 heteroatoms. The van der Waals surface area contributed by atoms with Crippen LogP contribution in [-0.4, -0.2) is 18.7 Å². The number of nitrogens with one attached hydrogen (secondary N) is 1. The van der Waals surface area contributed by atoms with E-state index in [1.807, 2.05) is 49.4 Å². The summed E-state index contributed by atoms with van der Waals surface area (Å²) in [4.78, 5) is 12.1. The third kappa shape index (κ3) is 7.31. The second-order valence-electron chi connectivity index (χ2n) is 7.30. The first-order chi connectivity index (χ1) is 16.1. The van der Waals surface area contributed by atoms with Crippen molar-refractivity contribution in [2.24, 2.45) is 5.10 Å². The summed E-state index contributed by atoms with van der Waals surface area (Å²) >= 11 is 0. The first kappa shape index (κ1) is 23.7. The van der Waals surface area contributed by atoms with Gasteiger partial charge in [-0.3, -0.25) is 4.79 Å². The average molecular weight is 447 g/mol. The lowest BCUT2D eigenvalue weighted by atomic mass is 10.1. The Labute approximate surface area is 193 Å². The zero-order valence-electron chi connectivity index (χ0n) is 18.6. The molecule has 0 fully saturated rings. The van der Waals surface area contributed by atoms with E-state index in [9.17, 15) is 9.18 Å². The summed E-state index contributed by atoms with van der Waals surface area (Å²) in [6.07, 6.45) is 4.04. The van der Waals surface area contributed by atoms with Crippen LogP contribution in [0.4, 0.5) is 4.39 Å². The van der Waals surface area contributed by atoms with E-state index in [2.05, 4.69) is 17.1 Å². The molecule has 3 aromatic carbocycles. The molecule has 3 rings (SSSR count). The first-order valence-corrected chi connectivity index (χ1v) is 10.7. The minimum atomic E-state index is -0.339. The number of ether oxygens (including phenoxy) is 2. The monoisotopic (exact) mass is 446 g/mol. The molecule has 0 unspecified atom stereocenters. The molecule has 0 saturated heterocycles. The predicted octanol–water partition coefficient (Wildman–Crippen LogP) is 5.22. The Bertz CT molecular complexity index is 1100. The molecule has 5 nitrogen and oxygen atoms in total. The normalized spacial score (nSPS) is 10.7. The Morgan fingerprint density at radius 3 is 2.52 bits per heavy atom. The smallest absolute Gasteiger partial charge is 0.244 e. The number of hydrazone groups is 1. The van der Waals surface area contributed by atoms with Crippen LogP contribution in [0.15, 0.2) is 84.5 Å². The number of allylic oxidation sites excluding steroid dienone is 1. The number of carbonyl (C=O) groups is 1. The molecule has 0 atom stereocenters. The summed E-state index contributed by atoms with van der Waals surface area (Å²) in [7, 11) is 0. The fourth-order valence-electron chi connectivity index (χ4n) is 3.23. The molecule has 1 amide bonds. The summed E-state index contributed by atoms with van der Waals surface area (Å²) in [5.74, 6) is 0.635. The van der Waals surface area contributed by atoms with Crippen LogP contribution in [0.2, 0.25) is 0 Å². The largest absolute Gasteiger partial charge is 0.490 e. The number of rotatable bonds is 11. The fourth-order valence-corrected chi connectivity index (χ4v) is 3.23. The standard InChI is InChI=1S/C27H27FN2O3/c1-3-8-23-15-22(18-29-30-26(31)17-20-11-13-24(28)14-12-20)16-25(32-4-2)27(23)33-19-21-9-6-5-7-10-21/h3,5-7,9-16,18H,1,4,8,17,19H2,2H3,(H,30,31)/b29-18+. The number of amides is 1. The van der Waals surface area contributed by atoms with Crippen LogP contribution in [0.5, 0.6) is 11.5 Å². The van der Waals surface area contributed by atoms with Gasteiger partial charge < -0.3 is 9.47 Å². The van der Waals surface area contributed by atoms with E-state index in [-0.39, 0.29) is 18.1 Å². The van der Waals surface area contributed by atoms with Crippen LogP contribution in [0.25, 0.3) is 0 Å². The Hall–Kier alpha value is -3.93. The molecule has 1 N–H and O–H groups in total. The van der Waals surface area contributed by atoms with E-state index in [1.165, 1.54) is 12.1 Å². The number of hydrogen-bond donors (Lipinski definition) is 1. The molecule has 33 heavy (non-hydrogen) atoms. The molecule has 0 radical (unpaired) electrons. The molecule has 0 spiro atoms. The van der Waals surface area contributed by atoms with Crippen molar-refractivity contribution in [3.05, 3.63) is 107 Å². The van der Waals surface area contributed by atoms with E-state index in [1.54, 1.807) is 24.4 Å². The second-order valence-corrected chi connectivity index (χ2v) is 7.30. The lowest BCUT2D eigenvalue weighted by molar-refractivity contribution is -0.120. The number of carbonyl (C=O) groups excluding carboxylic acids is 1. The van der Waals surface area contributed by atoms with Gasteiger partial charge in [-0.2, -0.15) is 5.10 Å². The summed E-state index contributed by atoms with van der Waals surface area (Å²) in [5.41, 5.74) is 5.92. The van der Waals surface area contributed by atoms with Gasteiger partial charge in [-0.25, -0.2) is 9.82 Å². The maximum atomic E-state index is 13.0. The van der Waals surface area contributed by atoms with Gasteiger partial charge in [0.25, 0.3) is 0 Å². The quantitative estimate of drug-likeness (QED) is 0.249. The SMILES string of the molecule is C=CCc1cc(/C=N/NC(=O)Cc2ccc(F)cc2)cc(OCC)c1OCc1ccccc1. The lowest BCUT2D eigenvalue weighted by Gasteiger charge is -2.16. The molecular formula is C27H27FN2O3. The summed E-state index contributed by atoms with van der Waals surface area (Å²) in [6, 6.07) is 19.5. The van der Waals surface area contributed by atoms with Gasteiger partial charge in [0.15, 0.2) is 11.5 Å². The van der Waals surface area contributed by atoms with Crippen molar-refractivity contribution in [2.75, 3.05) is 6.61 Å². The van der Waals surface area contributed by atoms with Crippen LogP contribution >= 0.6 is 0 Å². The molecular weight excluding hydrogens is 419 g/mol. The number of nitrogens with zero attached hydrogens (tertiary/aromatic N) is 1. The van der Waals surface area contributed by atoms with Gasteiger partial charge in [0.2, 0.25) is 5.91 Å². The molecule has 0 aromatic heterocycles. The molecule has 170 valence electrons. The Balaban J connectivity index is 1.73. The van der Waals surface area contributed by atoms with Gasteiger partial charge in [0.05, 0.1) is 19.2 Å². The van der Waals surface area contributed by atoms with Gasteiger partial charge in [0.1, 0.15) is 12.4 Å². The third-order valence-electron chi connectivity index (χ3n) is 4.72. The lowest BCUT2D eigenvalue weighted by Crippen LogP contribution is -2.19. The van der Waals surface area contributed by atoms with Crippen molar-refractivity contribution in [1.29, 1.82) is 0 Å². The Morgan fingerprint density at radius 1 is 1.06 bits per heavy atom. The van der Waals surface area contributed by atoms with Crippen LogP contribution in [0.1, 0.15) is 29.2 Å². The van der Waals surface area contributed by atoms with Gasteiger partial charge >= 0.3 is 0 Å². The molecule has 0 saturated carbocycles. The van der Waals surface area contributed by atoms with E-state index < -0.39 is 0 Å². The van der Waals surface area contributed by atoms with Crippen LogP contribution in [0.3, 0.4) is 0 Å². The minimum Gasteiger partial charge on any atom is -0.490 e. The van der Waals surface area contributed by atoms with Crippen molar-refractivity contribution in [3.8, 4) is 11.5 Å². The maximum Gasteiger partial charge on any atom is 0.244 e. The Morgan fingerprint density at radius 2 is 1.82 bits per heavy atom. The predicted molar refractivity (Wildman–Crippen MR) is 128 cm³/mol. The van der Waals surface area contributed by atoms with Crippen LogP contribution in [0, 0.1) is 5.82 Å². The molecule has 0 heterocycles. The van der Waals surface area contributed by atoms with Crippen LogP contribution in [-0.2, 0) is 24.2 Å². The highest BCUT2D eigenvalue weighted by Crippen LogP contribution is 2.34. The molecule has 3 aromatic rings. The molecule has 0 bridgehead atoms. The van der Waals surface area contributed by atoms with Crippen molar-refractivity contribution in [3.63, 3.8) is 0 Å². The molecule has 0 aliphatic carbocycles. The van der Waals surface area contributed by atoms with Crippen LogP contribution < -0.4 is 14.9 Å². The zero-order chi connectivity index (χ0) is 23.5. The third-order valence-corrected chi connectivity index (χ3v) is 4.72. The van der Waals surface area contributed by atoms with E-state index in [0.29, 0.717) is 36.7 Å². The van der Waals surface area contributed by atoms with Crippen molar-refractivity contribution in [1.82, 2.24) is 5.43 Å². The topological polar surface area (TPSA) is 59.9 Å². The average Bonchev–Trinajstić information content (AvgIpc) is 2.81. The minimum absolute atomic E-state index is 0.107.